The molecule has 0 amide bonds. The van der Waals surface area contributed by atoms with Crippen molar-refractivity contribution in [1.29, 1.82) is 0 Å². The number of aliphatic hydroxyl groups excluding tert-OH is 1. The van der Waals surface area contributed by atoms with Crippen LogP contribution in [0.15, 0.2) is 16.1 Å². The minimum atomic E-state index is -0.860. The third-order valence-electron chi connectivity index (χ3n) is 1.69. The van der Waals surface area contributed by atoms with E-state index in [4.69, 9.17) is 5.11 Å². The van der Waals surface area contributed by atoms with E-state index in [0.717, 1.165) is 6.20 Å². The predicted octanol–water partition coefficient (Wildman–Crippen LogP) is 0.487. The Hall–Kier alpha value is -0.880. The molecule has 6 heteroatoms. The van der Waals surface area contributed by atoms with Gasteiger partial charge in [-0.15, -0.1) is 0 Å². The van der Waals surface area contributed by atoms with Gasteiger partial charge in [0, 0.05) is 13.2 Å². The van der Waals surface area contributed by atoms with Crippen LogP contribution in [-0.4, -0.2) is 27.5 Å². The van der Waals surface area contributed by atoms with Crippen LogP contribution in [0, 0.1) is 5.82 Å². The van der Waals surface area contributed by atoms with E-state index in [1.165, 1.54) is 16.3 Å². The highest BCUT2D eigenvalue weighted by Crippen LogP contribution is 2.09. The lowest BCUT2D eigenvalue weighted by Gasteiger charge is -2.08. The first-order valence-corrected chi connectivity index (χ1v) is 5.33. The van der Waals surface area contributed by atoms with E-state index in [-0.39, 0.29) is 13.2 Å². The molecule has 0 aliphatic carbocycles. The molecule has 1 aromatic heterocycles. The largest absolute Gasteiger partial charge is 0.396 e. The van der Waals surface area contributed by atoms with Crippen molar-refractivity contribution >= 4 is 11.8 Å². The van der Waals surface area contributed by atoms with Gasteiger partial charge in [0.25, 0.3) is 5.56 Å². The van der Waals surface area contributed by atoms with E-state index >= 15 is 0 Å². The van der Waals surface area contributed by atoms with Crippen molar-refractivity contribution in [2.75, 3.05) is 12.9 Å². The smallest absolute Gasteiger partial charge is 0.290 e. The Kier molecular flexibility index (Phi) is 4.09. The van der Waals surface area contributed by atoms with Gasteiger partial charge in [-0.2, -0.15) is 4.39 Å². The molecule has 0 spiro atoms. The fourth-order valence-corrected chi connectivity index (χ4v) is 1.59. The topological polar surface area (TPSA) is 55.1 Å². The van der Waals surface area contributed by atoms with Gasteiger partial charge < -0.3 is 5.11 Å². The fraction of sp³-hybridized carbons (Fsp3) is 0.500. The Bertz CT molecular complexity index is 367. The van der Waals surface area contributed by atoms with E-state index < -0.39 is 11.4 Å². The van der Waals surface area contributed by atoms with E-state index in [2.05, 4.69) is 4.98 Å². The number of rotatable bonds is 4. The molecule has 0 fully saturated rings. The van der Waals surface area contributed by atoms with Crippen molar-refractivity contribution < 1.29 is 9.50 Å². The Labute approximate surface area is 84.8 Å². The summed E-state index contributed by atoms with van der Waals surface area (Å²) in [7, 11) is 0. The highest BCUT2D eigenvalue weighted by atomic mass is 32.2. The van der Waals surface area contributed by atoms with Crippen molar-refractivity contribution in [1.82, 2.24) is 9.55 Å². The van der Waals surface area contributed by atoms with Crippen molar-refractivity contribution in [2.45, 2.75) is 18.1 Å². The van der Waals surface area contributed by atoms with Crippen LogP contribution in [0.4, 0.5) is 4.39 Å². The van der Waals surface area contributed by atoms with Crippen LogP contribution in [0.25, 0.3) is 0 Å². The monoisotopic (exact) mass is 218 g/mol. The van der Waals surface area contributed by atoms with Gasteiger partial charge in [0.05, 0.1) is 6.20 Å². The van der Waals surface area contributed by atoms with Crippen molar-refractivity contribution in [3.63, 3.8) is 0 Å². The second kappa shape index (κ2) is 5.11. The van der Waals surface area contributed by atoms with Crippen LogP contribution in [0.1, 0.15) is 6.42 Å². The summed E-state index contributed by atoms with van der Waals surface area (Å²) in [6, 6.07) is 0. The number of halogens is 1. The van der Waals surface area contributed by atoms with Crippen molar-refractivity contribution in [3.8, 4) is 0 Å². The SMILES string of the molecule is CSc1ncc(F)c(=O)n1CCCO. The molecule has 4 nitrogen and oxygen atoms in total. The maximum absolute atomic E-state index is 12.9. The van der Waals surface area contributed by atoms with Crippen LogP contribution in [0.5, 0.6) is 0 Å². The van der Waals surface area contributed by atoms with E-state index in [0.29, 0.717) is 11.6 Å². The number of thioether (sulfide) groups is 1. The third kappa shape index (κ3) is 2.33. The fourth-order valence-electron chi connectivity index (χ4n) is 1.04. The first-order valence-electron chi connectivity index (χ1n) is 4.11. The first kappa shape index (κ1) is 11.2. The molecule has 0 saturated carbocycles. The molecular formula is C8H11FN2O2S. The number of aromatic nitrogens is 2. The molecule has 0 bridgehead atoms. The maximum Gasteiger partial charge on any atom is 0.290 e. The lowest BCUT2D eigenvalue weighted by molar-refractivity contribution is 0.275. The Morgan fingerprint density at radius 1 is 1.71 bits per heavy atom. The zero-order valence-corrected chi connectivity index (χ0v) is 8.55. The molecule has 0 aliphatic heterocycles. The van der Waals surface area contributed by atoms with Crippen LogP contribution in [0.3, 0.4) is 0 Å². The molecule has 1 N–H and O–H groups in total. The van der Waals surface area contributed by atoms with Crippen molar-refractivity contribution in [2.24, 2.45) is 0 Å². The zero-order chi connectivity index (χ0) is 10.6. The van der Waals surface area contributed by atoms with Gasteiger partial charge in [-0.1, -0.05) is 11.8 Å². The second-order valence-corrected chi connectivity index (χ2v) is 3.40. The molecule has 1 aromatic rings. The molecule has 14 heavy (non-hydrogen) atoms. The molecule has 1 rings (SSSR count). The van der Waals surface area contributed by atoms with Gasteiger partial charge >= 0.3 is 0 Å². The Morgan fingerprint density at radius 2 is 2.43 bits per heavy atom. The van der Waals surface area contributed by atoms with Gasteiger partial charge in [-0.3, -0.25) is 9.36 Å². The van der Waals surface area contributed by atoms with Gasteiger partial charge in [-0.25, -0.2) is 4.98 Å². The highest BCUT2D eigenvalue weighted by Gasteiger charge is 2.08. The highest BCUT2D eigenvalue weighted by molar-refractivity contribution is 7.98. The summed E-state index contributed by atoms with van der Waals surface area (Å²) < 4.78 is 14.1. The Balaban J connectivity index is 3.08. The minimum absolute atomic E-state index is 0.0310. The lowest BCUT2D eigenvalue weighted by atomic mass is 10.4. The molecule has 1 heterocycles. The average Bonchev–Trinajstić information content (AvgIpc) is 2.20. The lowest BCUT2D eigenvalue weighted by Crippen LogP contribution is -2.25. The van der Waals surface area contributed by atoms with Crippen LogP contribution < -0.4 is 5.56 Å². The van der Waals surface area contributed by atoms with Gasteiger partial charge in [-0.05, 0) is 12.7 Å². The molecule has 0 unspecified atom stereocenters. The summed E-state index contributed by atoms with van der Waals surface area (Å²) >= 11 is 1.27. The van der Waals surface area contributed by atoms with Crippen LogP contribution in [-0.2, 0) is 6.54 Å². The second-order valence-electron chi connectivity index (χ2n) is 2.63. The van der Waals surface area contributed by atoms with Gasteiger partial charge in [0.1, 0.15) is 0 Å². The van der Waals surface area contributed by atoms with Crippen LogP contribution >= 0.6 is 11.8 Å². The molecule has 0 radical (unpaired) electrons. The molecule has 0 aromatic carbocycles. The third-order valence-corrected chi connectivity index (χ3v) is 2.38. The zero-order valence-electron chi connectivity index (χ0n) is 7.73. The first-order chi connectivity index (χ1) is 6.70. The summed E-state index contributed by atoms with van der Waals surface area (Å²) in [5.41, 5.74) is -0.683. The quantitative estimate of drug-likeness (QED) is 0.590. The number of hydrogen-bond donors (Lipinski definition) is 1. The van der Waals surface area contributed by atoms with Gasteiger partial charge in [0.2, 0.25) is 5.82 Å². The molecule has 0 aliphatic rings. The summed E-state index contributed by atoms with van der Waals surface area (Å²) in [6.45, 7) is 0.257. The molecular weight excluding hydrogens is 207 g/mol. The van der Waals surface area contributed by atoms with Crippen LogP contribution in [0.2, 0.25) is 0 Å². The summed E-state index contributed by atoms with van der Waals surface area (Å²) in [5, 5.41) is 9.08. The minimum Gasteiger partial charge on any atom is -0.396 e. The summed E-state index contributed by atoms with van der Waals surface area (Å²) in [6.07, 6.45) is 3.09. The normalized spacial score (nSPS) is 10.5. The average molecular weight is 218 g/mol. The number of aliphatic hydroxyl groups is 1. The molecule has 0 atom stereocenters. The van der Waals surface area contributed by atoms with E-state index in [1.807, 2.05) is 0 Å². The summed E-state index contributed by atoms with van der Waals surface area (Å²) in [4.78, 5) is 15.1. The van der Waals surface area contributed by atoms with E-state index in [9.17, 15) is 9.18 Å². The number of hydrogen-bond acceptors (Lipinski definition) is 4. The van der Waals surface area contributed by atoms with Crippen molar-refractivity contribution in [3.05, 3.63) is 22.4 Å². The Morgan fingerprint density at radius 3 is 3.00 bits per heavy atom. The standard InChI is InChI=1S/C8H11FN2O2S/c1-14-8-10-5-6(9)7(13)11(8)3-2-4-12/h5,12H,2-4H2,1H3. The molecule has 0 saturated heterocycles. The molecule has 78 valence electrons. The van der Waals surface area contributed by atoms with E-state index in [1.54, 1.807) is 6.26 Å². The number of nitrogens with zero attached hydrogens (tertiary/aromatic N) is 2. The van der Waals surface area contributed by atoms with Gasteiger partial charge in [0.15, 0.2) is 5.16 Å². The maximum atomic E-state index is 12.9. The predicted molar refractivity (Wildman–Crippen MR) is 51.9 cm³/mol. The summed E-state index contributed by atoms with van der Waals surface area (Å²) in [5.74, 6) is -0.860.